The molecule has 1 atom stereocenters. The lowest BCUT2D eigenvalue weighted by Crippen LogP contribution is -2.17. The van der Waals surface area contributed by atoms with Crippen molar-refractivity contribution >= 4 is 46.1 Å². The van der Waals surface area contributed by atoms with Gasteiger partial charge >= 0.3 is 0 Å². The number of nitrogens with two attached hydrogens (primary N) is 1. The summed E-state index contributed by atoms with van der Waals surface area (Å²) in [5.41, 5.74) is 7.76. The van der Waals surface area contributed by atoms with Crippen molar-refractivity contribution in [3.05, 3.63) is 49.6 Å². The van der Waals surface area contributed by atoms with E-state index in [2.05, 4.69) is 5.32 Å². The number of aryl methyl sites for hydroxylation is 1. The van der Waals surface area contributed by atoms with Gasteiger partial charge < -0.3 is 11.1 Å². The van der Waals surface area contributed by atoms with E-state index in [4.69, 9.17) is 28.9 Å². The smallest absolute Gasteiger partial charge is 0.250 e. The Balaban J connectivity index is 1.88. The van der Waals surface area contributed by atoms with E-state index in [9.17, 15) is 4.79 Å². The van der Waals surface area contributed by atoms with E-state index in [1.165, 1.54) is 10.4 Å². The van der Waals surface area contributed by atoms with Crippen LogP contribution in [0.2, 0.25) is 9.36 Å². The van der Waals surface area contributed by atoms with Gasteiger partial charge in [-0.15, -0.1) is 11.3 Å². The second kappa shape index (κ2) is 5.87. The highest BCUT2D eigenvalue weighted by atomic mass is 35.5. The Morgan fingerprint density at radius 3 is 2.90 bits per heavy atom. The molecule has 0 saturated heterocycles. The zero-order chi connectivity index (χ0) is 15.0. The van der Waals surface area contributed by atoms with Crippen LogP contribution in [0, 0.1) is 0 Å². The van der Waals surface area contributed by atoms with Crippen LogP contribution in [0.1, 0.15) is 39.7 Å². The molecule has 1 aliphatic carbocycles. The second-order valence-electron chi connectivity index (χ2n) is 5.08. The van der Waals surface area contributed by atoms with Gasteiger partial charge in [0.25, 0.3) is 0 Å². The highest BCUT2D eigenvalue weighted by molar-refractivity contribution is 7.16. The molecule has 1 aliphatic rings. The molecule has 0 bridgehead atoms. The summed E-state index contributed by atoms with van der Waals surface area (Å²) in [6.45, 7) is 0. The summed E-state index contributed by atoms with van der Waals surface area (Å²) in [6.07, 6.45) is 3.24. The molecular weight excluding hydrogens is 327 g/mol. The maximum atomic E-state index is 11.4. The van der Waals surface area contributed by atoms with E-state index < -0.39 is 5.91 Å². The molecule has 0 fully saturated rings. The average Bonchev–Trinajstić information content (AvgIpc) is 2.82. The number of carbonyl (C=O) groups excluding carboxylic acids is 1. The first kappa shape index (κ1) is 14.7. The Labute approximate surface area is 137 Å². The van der Waals surface area contributed by atoms with Crippen LogP contribution >= 0.6 is 34.5 Å². The van der Waals surface area contributed by atoms with Crippen LogP contribution < -0.4 is 11.1 Å². The molecule has 6 heteroatoms. The minimum absolute atomic E-state index is 0.208. The van der Waals surface area contributed by atoms with E-state index in [1.54, 1.807) is 23.5 Å². The first-order valence-corrected chi connectivity index (χ1v) is 8.26. The van der Waals surface area contributed by atoms with Gasteiger partial charge in [-0.3, -0.25) is 4.79 Å². The quantitative estimate of drug-likeness (QED) is 0.854. The minimum Gasteiger partial charge on any atom is -0.378 e. The Bertz CT molecular complexity index is 699. The average molecular weight is 341 g/mol. The predicted molar refractivity (Wildman–Crippen MR) is 88.6 cm³/mol. The van der Waals surface area contributed by atoms with Gasteiger partial charge in [-0.2, -0.15) is 0 Å². The largest absolute Gasteiger partial charge is 0.378 e. The molecule has 110 valence electrons. The highest BCUT2D eigenvalue weighted by Crippen LogP contribution is 2.39. The molecular formula is C15H14Cl2N2OS. The van der Waals surface area contributed by atoms with Crippen molar-refractivity contribution in [2.24, 2.45) is 5.73 Å². The van der Waals surface area contributed by atoms with Crippen molar-refractivity contribution in [1.82, 2.24) is 0 Å². The summed E-state index contributed by atoms with van der Waals surface area (Å²) in [6, 6.07) is 7.49. The number of amides is 1. The molecule has 1 aromatic heterocycles. The molecule has 0 spiro atoms. The first-order chi connectivity index (χ1) is 10.0. The van der Waals surface area contributed by atoms with Gasteiger partial charge in [0.2, 0.25) is 5.91 Å². The molecule has 0 radical (unpaired) electrons. The number of carbonyl (C=O) groups is 1. The van der Waals surface area contributed by atoms with E-state index in [1.807, 2.05) is 12.1 Å². The summed E-state index contributed by atoms with van der Waals surface area (Å²) < 4.78 is 0.822. The number of rotatable bonds is 3. The van der Waals surface area contributed by atoms with Crippen LogP contribution in [0.25, 0.3) is 0 Å². The SMILES string of the molecule is NC(=O)c1cc(NC2CCCc3sc(Cl)cc32)ccc1Cl. The molecule has 3 rings (SSSR count). The summed E-state index contributed by atoms with van der Waals surface area (Å²) >= 11 is 13.7. The Morgan fingerprint density at radius 1 is 1.33 bits per heavy atom. The number of halogens is 2. The van der Waals surface area contributed by atoms with Crippen LogP contribution in [-0.4, -0.2) is 5.91 Å². The standard InChI is InChI=1S/C15H14Cl2N2OS/c16-11-5-4-8(6-9(11)15(18)20)19-12-2-1-3-13-10(12)7-14(17)21-13/h4-7,12,19H,1-3H2,(H2,18,20). The zero-order valence-electron chi connectivity index (χ0n) is 11.2. The zero-order valence-corrected chi connectivity index (χ0v) is 13.5. The summed E-state index contributed by atoms with van der Waals surface area (Å²) in [5.74, 6) is -0.522. The first-order valence-electron chi connectivity index (χ1n) is 6.68. The van der Waals surface area contributed by atoms with E-state index >= 15 is 0 Å². The van der Waals surface area contributed by atoms with E-state index in [-0.39, 0.29) is 6.04 Å². The number of primary amides is 1. The van der Waals surface area contributed by atoms with Crippen LogP contribution in [0.15, 0.2) is 24.3 Å². The molecule has 0 saturated carbocycles. The van der Waals surface area contributed by atoms with Crippen LogP contribution in [0.3, 0.4) is 0 Å². The molecule has 3 nitrogen and oxygen atoms in total. The lowest BCUT2D eigenvalue weighted by atomic mass is 9.94. The van der Waals surface area contributed by atoms with Crippen molar-refractivity contribution in [3.63, 3.8) is 0 Å². The molecule has 1 heterocycles. The molecule has 21 heavy (non-hydrogen) atoms. The summed E-state index contributed by atoms with van der Waals surface area (Å²) in [5, 5.41) is 3.83. The number of nitrogens with one attached hydrogen (secondary N) is 1. The predicted octanol–water partition coefficient (Wildman–Crippen LogP) is 4.64. The third-order valence-electron chi connectivity index (χ3n) is 3.66. The summed E-state index contributed by atoms with van der Waals surface area (Å²) in [7, 11) is 0. The van der Waals surface area contributed by atoms with Gasteiger partial charge in [0.05, 0.1) is 21.0 Å². The molecule has 1 amide bonds. The maximum Gasteiger partial charge on any atom is 0.250 e. The number of hydrogen-bond acceptors (Lipinski definition) is 3. The molecule has 0 aliphatic heterocycles. The lowest BCUT2D eigenvalue weighted by molar-refractivity contribution is 0.100. The minimum atomic E-state index is -0.522. The van der Waals surface area contributed by atoms with Gasteiger partial charge in [0.15, 0.2) is 0 Å². The molecule has 3 N–H and O–H groups in total. The van der Waals surface area contributed by atoms with Crippen molar-refractivity contribution in [2.75, 3.05) is 5.32 Å². The van der Waals surface area contributed by atoms with Gasteiger partial charge in [0.1, 0.15) is 0 Å². The van der Waals surface area contributed by atoms with Crippen molar-refractivity contribution < 1.29 is 4.79 Å². The van der Waals surface area contributed by atoms with E-state index in [0.29, 0.717) is 10.6 Å². The number of benzene rings is 1. The van der Waals surface area contributed by atoms with Crippen molar-refractivity contribution in [2.45, 2.75) is 25.3 Å². The third-order valence-corrected chi connectivity index (χ3v) is 5.33. The fourth-order valence-corrected chi connectivity index (χ4v) is 4.27. The van der Waals surface area contributed by atoms with Gasteiger partial charge in [-0.1, -0.05) is 23.2 Å². The fourth-order valence-electron chi connectivity index (χ4n) is 2.68. The monoisotopic (exact) mass is 340 g/mol. The number of anilines is 1. The Kier molecular flexibility index (Phi) is 4.11. The lowest BCUT2D eigenvalue weighted by Gasteiger charge is -2.25. The molecule has 1 unspecified atom stereocenters. The number of thiophene rings is 1. The highest BCUT2D eigenvalue weighted by Gasteiger charge is 2.23. The van der Waals surface area contributed by atoms with Gasteiger partial charge in [-0.05, 0) is 49.1 Å². The van der Waals surface area contributed by atoms with Gasteiger partial charge in [0, 0.05) is 10.6 Å². The molecule has 2 aromatic rings. The normalized spacial score (nSPS) is 17.3. The fraction of sp³-hybridized carbons (Fsp3) is 0.267. The Morgan fingerprint density at radius 2 is 2.14 bits per heavy atom. The Hall–Kier alpha value is -1.23. The van der Waals surface area contributed by atoms with Crippen LogP contribution in [-0.2, 0) is 6.42 Å². The second-order valence-corrected chi connectivity index (χ2v) is 7.25. The van der Waals surface area contributed by atoms with Crippen molar-refractivity contribution in [1.29, 1.82) is 0 Å². The topological polar surface area (TPSA) is 55.1 Å². The van der Waals surface area contributed by atoms with Crippen LogP contribution in [0.5, 0.6) is 0 Å². The third kappa shape index (κ3) is 3.03. The molecule has 1 aromatic carbocycles. The van der Waals surface area contributed by atoms with E-state index in [0.717, 1.165) is 29.3 Å². The van der Waals surface area contributed by atoms with Gasteiger partial charge in [-0.25, -0.2) is 0 Å². The van der Waals surface area contributed by atoms with Crippen LogP contribution in [0.4, 0.5) is 5.69 Å². The van der Waals surface area contributed by atoms with Crippen molar-refractivity contribution in [3.8, 4) is 0 Å². The summed E-state index contributed by atoms with van der Waals surface area (Å²) in [4.78, 5) is 12.7. The number of fused-ring (bicyclic) bond motifs is 1. The number of hydrogen-bond donors (Lipinski definition) is 2. The maximum absolute atomic E-state index is 11.4.